The second kappa shape index (κ2) is 7.08. The molecule has 0 aliphatic carbocycles. The summed E-state index contributed by atoms with van der Waals surface area (Å²) in [4.78, 5) is 17.1. The number of thiophene rings is 1. The van der Waals surface area contributed by atoms with E-state index in [2.05, 4.69) is 54.6 Å². The Morgan fingerprint density at radius 2 is 1.71 bits per heavy atom. The van der Waals surface area contributed by atoms with Crippen molar-refractivity contribution in [3.05, 3.63) is 57.8 Å². The Morgan fingerprint density at radius 3 is 2.25 bits per heavy atom. The lowest BCUT2D eigenvalue weighted by atomic mass is 9.86. The zero-order valence-electron chi connectivity index (χ0n) is 14.8. The van der Waals surface area contributed by atoms with Crippen molar-refractivity contribution in [1.82, 2.24) is 9.80 Å². The summed E-state index contributed by atoms with van der Waals surface area (Å²) in [6, 6.07) is 10.3. The van der Waals surface area contributed by atoms with E-state index in [1.165, 1.54) is 11.1 Å². The minimum absolute atomic E-state index is 0.120. The number of piperazine rings is 1. The first-order chi connectivity index (χ1) is 11.4. The van der Waals surface area contributed by atoms with Gasteiger partial charge in [0.15, 0.2) is 0 Å². The fraction of sp³-hybridized carbons (Fsp3) is 0.450. The minimum Gasteiger partial charge on any atom is -0.336 e. The first-order valence-electron chi connectivity index (χ1n) is 8.57. The van der Waals surface area contributed by atoms with Gasteiger partial charge < -0.3 is 4.90 Å². The van der Waals surface area contributed by atoms with E-state index in [1.54, 1.807) is 11.3 Å². The number of hydrogen-bond donors (Lipinski definition) is 0. The van der Waals surface area contributed by atoms with Gasteiger partial charge in [0.2, 0.25) is 0 Å². The van der Waals surface area contributed by atoms with Gasteiger partial charge in [0.25, 0.3) is 5.91 Å². The van der Waals surface area contributed by atoms with Gasteiger partial charge in [-0.2, -0.15) is 11.3 Å². The zero-order valence-corrected chi connectivity index (χ0v) is 15.6. The third kappa shape index (κ3) is 4.05. The molecule has 1 saturated heterocycles. The van der Waals surface area contributed by atoms with Crippen molar-refractivity contribution < 1.29 is 4.79 Å². The molecule has 24 heavy (non-hydrogen) atoms. The van der Waals surface area contributed by atoms with Crippen LogP contribution < -0.4 is 0 Å². The number of rotatable bonds is 3. The lowest BCUT2D eigenvalue weighted by Gasteiger charge is -2.34. The first-order valence-corrected chi connectivity index (χ1v) is 9.51. The predicted molar refractivity (Wildman–Crippen MR) is 101 cm³/mol. The van der Waals surface area contributed by atoms with E-state index in [9.17, 15) is 4.79 Å². The number of carbonyl (C=O) groups is 1. The Kier molecular flexibility index (Phi) is 5.07. The minimum atomic E-state index is 0.120. The van der Waals surface area contributed by atoms with Crippen molar-refractivity contribution in [3.8, 4) is 0 Å². The molecule has 1 fully saturated rings. The van der Waals surface area contributed by atoms with Gasteiger partial charge in [-0.15, -0.1) is 0 Å². The standard InChI is InChI=1S/C20H26N2OS/c1-20(2,3)18-6-4-17(5-7-18)19(23)22-11-9-21(10-12-22)14-16-8-13-24-15-16/h4-8,13,15H,9-12,14H2,1-3H3. The van der Waals surface area contributed by atoms with Gasteiger partial charge in [-0.25, -0.2) is 0 Å². The van der Waals surface area contributed by atoms with Crippen LogP contribution in [0.1, 0.15) is 42.3 Å². The number of nitrogens with zero attached hydrogens (tertiary/aromatic N) is 2. The average molecular weight is 343 g/mol. The third-order valence-electron chi connectivity index (χ3n) is 4.64. The Morgan fingerprint density at radius 1 is 1.04 bits per heavy atom. The van der Waals surface area contributed by atoms with Crippen LogP contribution in [0.5, 0.6) is 0 Å². The Balaban J connectivity index is 1.57. The summed E-state index contributed by atoms with van der Waals surface area (Å²) < 4.78 is 0. The zero-order chi connectivity index (χ0) is 17.2. The summed E-state index contributed by atoms with van der Waals surface area (Å²) in [5, 5.41) is 4.32. The fourth-order valence-corrected chi connectivity index (χ4v) is 3.71. The van der Waals surface area contributed by atoms with E-state index in [4.69, 9.17) is 0 Å². The molecular weight excluding hydrogens is 316 g/mol. The van der Waals surface area contributed by atoms with Crippen LogP contribution in [0.25, 0.3) is 0 Å². The monoisotopic (exact) mass is 342 g/mol. The fourth-order valence-electron chi connectivity index (χ4n) is 3.05. The number of carbonyl (C=O) groups excluding carboxylic acids is 1. The predicted octanol–water partition coefficient (Wildman–Crippen LogP) is 4.00. The van der Waals surface area contributed by atoms with Crippen molar-refractivity contribution in [1.29, 1.82) is 0 Å². The molecule has 0 N–H and O–H groups in total. The molecule has 1 aliphatic rings. The molecular formula is C20H26N2OS. The summed E-state index contributed by atoms with van der Waals surface area (Å²) in [6.07, 6.45) is 0. The van der Waals surface area contributed by atoms with Crippen molar-refractivity contribution >= 4 is 17.2 Å². The third-order valence-corrected chi connectivity index (χ3v) is 5.38. The lowest BCUT2D eigenvalue weighted by Crippen LogP contribution is -2.48. The molecule has 1 aromatic carbocycles. The van der Waals surface area contributed by atoms with Crippen LogP contribution in [-0.4, -0.2) is 41.9 Å². The second-order valence-corrected chi connectivity index (χ2v) is 8.31. The molecule has 1 amide bonds. The smallest absolute Gasteiger partial charge is 0.253 e. The van der Waals surface area contributed by atoms with E-state index < -0.39 is 0 Å². The van der Waals surface area contributed by atoms with Crippen LogP contribution in [0.4, 0.5) is 0 Å². The molecule has 0 atom stereocenters. The summed E-state index contributed by atoms with van der Waals surface area (Å²) in [5.74, 6) is 0.158. The van der Waals surface area contributed by atoms with Gasteiger partial charge in [0.05, 0.1) is 0 Å². The first kappa shape index (κ1) is 17.2. The molecule has 0 radical (unpaired) electrons. The van der Waals surface area contributed by atoms with Crippen molar-refractivity contribution in [2.24, 2.45) is 0 Å². The number of hydrogen-bond acceptors (Lipinski definition) is 3. The summed E-state index contributed by atoms with van der Waals surface area (Å²) in [5.41, 5.74) is 3.56. The lowest BCUT2D eigenvalue weighted by molar-refractivity contribution is 0.0628. The Labute approximate surface area is 148 Å². The van der Waals surface area contributed by atoms with Gasteiger partial charge in [0.1, 0.15) is 0 Å². The van der Waals surface area contributed by atoms with Crippen molar-refractivity contribution in [2.45, 2.75) is 32.7 Å². The van der Waals surface area contributed by atoms with Gasteiger partial charge in [0, 0.05) is 38.3 Å². The maximum atomic E-state index is 12.7. The molecule has 2 aromatic rings. The van der Waals surface area contributed by atoms with Crippen LogP contribution in [0.3, 0.4) is 0 Å². The molecule has 0 spiro atoms. The maximum Gasteiger partial charge on any atom is 0.253 e. The summed E-state index contributed by atoms with van der Waals surface area (Å²) in [7, 11) is 0. The quantitative estimate of drug-likeness (QED) is 0.841. The van der Waals surface area contributed by atoms with Crippen LogP contribution in [-0.2, 0) is 12.0 Å². The highest BCUT2D eigenvalue weighted by atomic mass is 32.1. The van der Waals surface area contributed by atoms with E-state index in [0.717, 1.165) is 38.3 Å². The van der Waals surface area contributed by atoms with E-state index in [0.29, 0.717) is 0 Å². The molecule has 1 aliphatic heterocycles. The van der Waals surface area contributed by atoms with Gasteiger partial charge >= 0.3 is 0 Å². The topological polar surface area (TPSA) is 23.6 Å². The Bertz CT molecular complexity index is 663. The normalized spacial score (nSPS) is 16.4. The summed E-state index contributed by atoms with van der Waals surface area (Å²) in [6.45, 7) is 11.1. The van der Waals surface area contributed by atoms with Crippen LogP contribution >= 0.6 is 11.3 Å². The largest absolute Gasteiger partial charge is 0.336 e. The van der Waals surface area contributed by atoms with Gasteiger partial charge in [-0.05, 0) is 45.5 Å². The average Bonchev–Trinajstić information content (AvgIpc) is 3.07. The van der Waals surface area contributed by atoms with E-state index in [1.807, 2.05) is 17.0 Å². The van der Waals surface area contributed by atoms with Gasteiger partial charge in [-0.1, -0.05) is 32.9 Å². The molecule has 0 saturated carbocycles. The molecule has 3 nitrogen and oxygen atoms in total. The number of amides is 1. The van der Waals surface area contributed by atoms with E-state index in [-0.39, 0.29) is 11.3 Å². The van der Waals surface area contributed by atoms with Gasteiger partial charge in [-0.3, -0.25) is 9.69 Å². The Hall–Kier alpha value is -1.65. The van der Waals surface area contributed by atoms with Crippen molar-refractivity contribution in [3.63, 3.8) is 0 Å². The number of benzene rings is 1. The van der Waals surface area contributed by atoms with Crippen LogP contribution in [0.15, 0.2) is 41.1 Å². The van der Waals surface area contributed by atoms with E-state index >= 15 is 0 Å². The molecule has 0 unspecified atom stereocenters. The summed E-state index contributed by atoms with van der Waals surface area (Å²) >= 11 is 1.74. The molecule has 1 aromatic heterocycles. The highest BCUT2D eigenvalue weighted by Crippen LogP contribution is 2.22. The molecule has 0 bridgehead atoms. The van der Waals surface area contributed by atoms with Crippen LogP contribution in [0, 0.1) is 0 Å². The molecule has 3 rings (SSSR count). The van der Waals surface area contributed by atoms with Crippen LogP contribution in [0.2, 0.25) is 0 Å². The molecule has 4 heteroatoms. The SMILES string of the molecule is CC(C)(C)c1ccc(C(=O)N2CCN(Cc3ccsc3)CC2)cc1. The van der Waals surface area contributed by atoms with Crippen molar-refractivity contribution in [2.75, 3.05) is 26.2 Å². The highest BCUT2D eigenvalue weighted by Gasteiger charge is 2.22. The highest BCUT2D eigenvalue weighted by molar-refractivity contribution is 7.07. The maximum absolute atomic E-state index is 12.7. The second-order valence-electron chi connectivity index (χ2n) is 7.53. The molecule has 128 valence electrons. The molecule has 2 heterocycles.